The van der Waals surface area contributed by atoms with Gasteiger partial charge in [-0.3, -0.25) is 0 Å². The van der Waals surface area contributed by atoms with Crippen molar-refractivity contribution in [2.45, 2.75) is 38.0 Å². The fourth-order valence-electron chi connectivity index (χ4n) is 2.17. The predicted octanol–water partition coefficient (Wildman–Crippen LogP) is 2.26. The molecular weight excluding hydrogens is 260 g/mol. The quantitative estimate of drug-likeness (QED) is 0.802. The Kier molecular flexibility index (Phi) is 4.23. The van der Waals surface area contributed by atoms with E-state index in [1.54, 1.807) is 28.6 Å². The van der Waals surface area contributed by atoms with Crippen molar-refractivity contribution in [2.75, 3.05) is 6.54 Å². The second kappa shape index (κ2) is 5.72. The first-order valence-corrected chi connectivity index (χ1v) is 8.17. The maximum atomic E-state index is 12.5. The molecule has 2 rings (SSSR count). The summed E-state index contributed by atoms with van der Waals surface area (Å²) >= 11 is 0. The largest absolute Gasteiger partial charge is 0.218 e. The molecule has 5 heteroatoms. The third kappa shape index (κ3) is 3.34. The van der Waals surface area contributed by atoms with Crippen LogP contribution in [0.25, 0.3) is 0 Å². The molecule has 1 saturated carbocycles. The molecule has 1 aliphatic rings. The van der Waals surface area contributed by atoms with Crippen molar-refractivity contribution in [3.05, 3.63) is 35.4 Å². The number of hydrogen-bond donors (Lipinski definition) is 0. The molecule has 102 valence electrons. The van der Waals surface area contributed by atoms with E-state index in [9.17, 15) is 8.42 Å². The lowest BCUT2D eigenvalue weighted by Crippen LogP contribution is -2.34. The summed E-state index contributed by atoms with van der Waals surface area (Å²) in [4.78, 5) is 0. The number of sulfonamides is 1. The van der Waals surface area contributed by atoms with Crippen LogP contribution in [0.15, 0.2) is 24.3 Å². The Balaban J connectivity index is 2.22. The van der Waals surface area contributed by atoms with Gasteiger partial charge in [0.25, 0.3) is 0 Å². The Morgan fingerprint density at radius 3 is 2.63 bits per heavy atom. The van der Waals surface area contributed by atoms with Crippen LogP contribution in [0.3, 0.4) is 0 Å². The van der Waals surface area contributed by atoms with E-state index in [-0.39, 0.29) is 11.8 Å². The van der Waals surface area contributed by atoms with Crippen LogP contribution in [0.5, 0.6) is 0 Å². The summed E-state index contributed by atoms with van der Waals surface area (Å²) in [5.41, 5.74) is 1.03. The molecule has 0 amide bonds. The highest BCUT2D eigenvalue weighted by Crippen LogP contribution is 2.30. The van der Waals surface area contributed by atoms with Gasteiger partial charge >= 0.3 is 0 Å². The molecule has 1 aromatic carbocycles. The summed E-state index contributed by atoms with van der Waals surface area (Å²) in [5.74, 6) is -0.0762. The van der Waals surface area contributed by atoms with Gasteiger partial charge in [-0.25, -0.2) is 8.42 Å². The zero-order chi connectivity index (χ0) is 13.9. The topological polar surface area (TPSA) is 61.2 Å². The maximum Gasteiger partial charge on any atom is 0.218 e. The molecule has 4 nitrogen and oxygen atoms in total. The van der Waals surface area contributed by atoms with Gasteiger partial charge in [0.15, 0.2) is 0 Å². The monoisotopic (exact) mass is 278 g/mol. The molecule has 0 aromatic heterocycles. The van der Waals surface area contributed by atoms with Gasteiger partial charge in [0.2, 0.25) is 10.0 Å². The van der Waals surface area contributed by atoms with E-state index in [0.717, 1.165) is 19.3 Å². The second-order valence-corrected chi connectivity index (χ2v) is 6.79. The van der Waals surface area contributed by atoms with Gasteiger partial charge in [0.1, 0.15) is 0 Å². The molecule has 0 spiro atoms. The van der Waals surface area contributed by atoms with Gasteiger partial charge in [-0.2, -0.15) is 9.57 Å². The van der Waals surface area contributed by atoms with Gasteiger partial charge in [-0.1, -0.05) is 25.1 Å². The zero-order valence-electron chi connectivity index (χ0n) is 11.0. The Hall–Kier alpha value is -1.38. The third-order valence-electron chi connectivity index (χ3n) is 3.23. The first kappa shape index (κ1) is 14.0. The molecule has 0 radical (unpaired) electrons. The van der Waals surface area contributed by atoms with E-state index in [1.165, 1.54) is 0 Å². The van der Waals surface area contributed by atoms with Gasteiger partial charge in [-0.15, -0.1) is 0 Å². The lowest BCUT2D eigenvalue weighted by Gasteiger charge is -2.21. The average molecular weight is 278 g/mol. The molecule has 1 fully saturated rings. The molecule has 19 heavy (non-hydrogen) atoms. The van der Waals surface area contributed by atoms with Gasteiger partial charge in [0.05, 0.1) is 17.4 Å². The van der Waals surface area contributed by atoms with Crippen LogP contribution in [0.4, 0.5) is 0 Å². The zero-order valence-corrected chi connectivity index (χ0v) is 11.9. The van der Waals surface area contributed by atoms with E-state index < -0.39 is 10.0 Å². The van der Waals surface area contributed by atoms with E-state index in [1.807, 2.05) is 6.92 Å². The summed E-state index contributed by atoms with van der Waals surface area (Å²) in [5, 5.41) is 9.02. The van der Waals surface area contributed by atoms with Crippen molar-refractivity contribution in [3.63, 3.8) is 0 Å². The van der Waals surface area contributed by atoms with Crippen molar-refractivity contribution in [1.82, 2.24) is 4.31 Å². The molecule has 0 unspecified atom stereocenters. The highest BCUT2D eigenvalue weighted by molar-refractivity contribution is 7.88. The summed E-state index contributed by atoms with van der Waals surface area (Å²) in [6.07, 6.45) is 2.73. The van der Waals surface area contributed by atoms with Crippen molar-refractivity contribution in [2.24, 2.45) is 0 Å². The average Bonchev–Trinajstić information content (AvgIpc) is 3.20. The highest BCUT2D eigenvalue weighted by atomic mass is 32.2. The number of nitriles is 1. The Morgan fingerprint density at radius 2 is 2.05 bits per heavy atom. The first-order chi connectivity index (χ1) is 9.08. The fourth-order valence-corrected chi connectivity index (χ4v) is 4.10. The van der Waals surface area contributed by atoms with Crippen molar-refractivity contribution < 1.29 is 8.42 Å². The standard InChI is InChI=1S/C14H18N2O2S/c1-2-9-16(14-7-8-14)19(17,18)11-13-6-4-3-5-12(13)10-15/h3-6,14H,2,7-9,11H2,1H3. The van der Waals surface area contributed by atoms with Crippen LogP contribution < -0.4 is 0 Å². The van der Waals surface area contributed by atoms with Crippen LogP contribution in [0, 0.1) is 11.3 Å². The Bertz CT molecular complexity index is 586. The van der Waals surface area contributed by atoms with Gasteiger partial charge in [0, 0.05) is 12.6 Å². The molecule has 0 heterocycles. The fraction of sp³-hybridized carbons (Fsp3) is 0.500. The van der Waals surface area contributed by atoms with Crippen molar-refractivity contribution in [3.8, 4) is 6.07 Å². The molecule has 0 N–H and O–H groups in total. The molecule has 0 atom stereocenters. The van der Waals surface area contributed by atoms with Crippen LogP contribution >= 0.6 is 0 Å². The highest BCUT2D eigenvalue weighted by Gasteiger charge is 2.36. The molecule has 1 aliphatic carbocycles. The Morgan fingerprint density at radius 1 is 1.37 bits per heavy atom. The third-order valence-corrected chi connectivity index (χ3v) is 5.10. The lowest BCUT2D eigenvalue weighted by atomic mass is 10.1. The minimum Gasteiger partial charge on any atom is -0.212 e. The smallest absolute Gasteiger partial charge is 0.212 e. The maximum absolute atomic E-state index is 12.5. The van der Waals surface area contributed by atoms with E-state index in [4.69, 9.17) is 5.26 Å². The summed E-state index contributed by atoms with van der Waals surface area (Å²) in [7, 11) is -3.32. The van der Waals surface area contributed by atoms with Crippen LogP contribution in [0.1, 0.15) is 37.3 Å². The van der Waals surface area contributed by atoms with E-state index >= 15 is 0 Å². The molecular formula is C14H18N2O2S. The van der Waals surface area contributed by atoms with Crippen LogP contribution in [-0.4, -0.2) is 25.3 Å². The molecule has 0 aliphatic heterocycles. The number of hydrogen-bond acceptors (Lipinski definition) is 3. The SMILES string of the molecule is CCCN(C1CC1)S(=O)(=O)Cc1ccccc1C#N. The summed E-state index contributed by atoms with van der Waals surface area (Å²) < 4.78 is 26.5. The van der Waals surface area contributed by atoms with Gasteiger partial charge in [-0.05, 0) is 30.9 Å². The summed E-state index contributed by atoms with van der Waals surface area (Å²) in [6, 6.07) is 9.13. The number of nitrogens with zero attached hydrogens (tertiary/aromatic N) is 2. The van der Waals surface area contributed by atoms with Crippen molar-refractivity contribution in [1.29, 1.82) is 5.26 Å². The minimum absolute atomic E-state index is 0.0762. The predicted molar refractivity (Wildman–Crippen MR) is 73.8 cm³/mol. The minimum atomic E-state index is -3.32. The molecule has 0 bridgehead atoms. The molecule has 0 saturated heterocycles. The van der Waals surface area contributed by atoms with Crippen LogP contribution in [0.2, 0.25) is 0 Å². The van der Waals surface area contributed by atoms with Crippen molar-refractivity contribution >= 4 is 10.0 Å². The Labute approximate surface area is 114 Å². The molecule has 1 aromatic rings. The van der Waals surface area contributed by atoms with Gasteiger partial charge < -0.3 is 0 Å². The second-order valence-electron chi connectivity index (χ2n) is 4.87. The normalized spacial score (nSPS) is 15.4. The summed E-state index contributed by atoms with van der Waals surface area (Å²) in [6.45, 7) is 2.55. The van der Waals surface area contributed by atoms with Crippen LogP contribution in [-0.2, 0) is 15.8 Å². The van der Waals surface area contributed by atoms with E-state index in [0.29, 0.717) is 17.7 Å². The number of benzene rings is 1. The van der Waals surface area contributed by atoms with E-state index in [2.05, 4.69) is 6.07 Å². The lowest BCUT2D eigenvalue weighted by molar-refractivity contribution is 0.402. The first-order valence-electron chi connectivity index (χ1n) is 6.56. The number of rotatable bonds is 6.